The molecular formula is C17H14F4N2O2. The van der Waals surface area contributed by atoms with Gasteiger partial charge in [-0.1, -0.05) is 24.3 Å². The standard InChI is InChI=1S/C17H14F4N2O2/c18-12-7-5-11(6-8-12)10-22-15(24)9-16(25)23-14-4-2-1-3-13(14)17(19,20)21/h1-8H,9-10H2,(H,22,24)(H,23,25). The van der Waals surface area contributed by atoms with Crippen molar-refractivity contribution in [2.45, 2.75) is 19.1 Å². The van der Waals surface area contributed by atoms with Crippen molar-refractivity contribution in [3.63, 3.8) is 0 Å². The first-order valence-electron chi connectivity index (χ1n) is 7.23. The quantitative estimate of drug-likeness (QED) is 0.638. The fraction of sp³-hybridized carbons (Fsp3) is 0.176. The molecule has 2 amide bonds. The summed E-state index contributed by atoms with van der Waals surface area (Å²) in [6.45, 7) is 0.0749. The number of carbonyl (C=O) groups excluding carboxylic acids is 2. The lowest BCUT2D eigenvalue weighted by Crippen LogP contribution is -2.28. The molecule has 0 unspecified atom stereocenters. The molecule has 0 aliphatic rings. The van der Waals surface area contributed by atoms with Crippen LogP contribution >= 0.6 is 0 Å². The van der Waals surface area contributed by atoms with Crippen LogP contribution in [0.25, 0.3) is 0 Å². The Balaban J connectivity index is 1.90. The van der Waals surface area contributed by atoms with Gasteiger partial charge in [-0.05, 0) is 29.8 Å². The van der Waals surface area contributed by atoms with Gasteiger partial charge in [-0.2, -0.15) is 13.2 Å². The summed E-state index contributed by atoms with van der Waals surface area (Å²) < 4.78 is 51.3. The number of amides is 2. The Morgan fingerprint density at radius 1 is 0.920 bits per heavy atom. The second-order valence-electron chi connectivity index (χ2n) is 5.17. The average molecular weight is 354 g/mol. The van der Waals surface area contributed by atoms with E-state index in [9.17, 15) is 27.2 Å². The van der Waals surface area contributed by atoms with Crippen LogP contribution in [-0.4, -0.2) is 11.8 Å². The maximum atomic E-state index is 12.8. The summed E-state index contributed by atoms with van der Waals surface area (Å²) in [7, 11) is 0. The molecule has 0 saturated heterocycles. The van der Waals surface area contributed by atoms with E-state index in [1.165, 1.54) is 36.4 Å². The van der Waals surface area contributed by atoms with Gasteiger partial charge in [0.05, 0.1) is 11.3 Å². The minimum Gasteiger partial charge on any atom is -0.352 e. The molecule has 0 spiro atoms. The number of hydrogen-bond donors (Lipinski definition) is 2. The van der Waals surface area contributed by atoms with Gasteiger partial charge in [0.25, 0.3) is 0 Å². The zero-order valence-corrected chi connectivity index (χ0v) is 12.9. The molecule has 0 bridgehead atoms. The van der Waals surface area contributed by atoms with E-state index in [0.717, 1.165) is 12.1 Å². The zero-order chi connectivity index (χ0) is 18.4. The molecular weight excluding hydrogens is 340 g/mol. The summed E-state index contributed by atoms with van der Waals surface area (Å²) in [4.78, 5) is 23.5. The molecule has 0 aliphatic heterocycles. The molecule has 0 radical (unpaired) electrons. The van der Waals surface area contributed by atoms with E-state index in [4.69, 9.17) is 0 Å². The normalized spacial score (nSPS) is 11.0. The molecule has 0 heterocycles. The Labute approximate surface area is 140 Å². The number of halogens is 4. The monoisotopic (exact) mass is 354 g/mol. The Bertz CT molecular complexity index is 758. The summed E-state index contributed by atoms with van der Waals surface area (Å²) in [6, 6.07) is 9.88. The van der Waals surface area contributed by atoms with E-state index in [-0.39, 0.29) is 6.54 Å². The number of benzene rings is 2. The lowest BCUT2D eigenvalue weighted by molar-refractivity contribution is -0.137. The maximum absolute atomic E-state index is 12.8. The molecule has 25 heavy (non-hydrogen) atoms. The minimum absolute atomic E-state index is 0.0749. The van der Waals surface area contributed by atoms with Gasteiger partial charge in [0.1, 0.15) is 12.2 Å². The third-order valence-electron chi connectivity index (χ3n) is 3.23. The fourth-order valence-corrected chi connectivity index (χ4v) is 2.04. The first-order valence-corrected chi connectivity index (χ1v) is 7.23. The number of carbonyl (C=O) groups is 2. The second-order valence-corrected chi connectivity index (χ2v) is 5.17. The Morgan fingerprint density at radius 3 is 2.20 bits per heavy atom. The van der Waals surface area contributed by atoms with Gasteiger partial charge in [0.2, 0.25) is 11.8 Å². The largest absolute Gasteiger partial charge is 0.418 e. The molecule has 0 atom stereocenters. The predicted octanol–water partition coefficient (Wildman–Crippen LogP) is 3.49. The highest BCUT2D eigenvalue weighted by Crippen LogP contribution is 2.34. The molecule has 0 aliphatic carbocycles. The van der Waals surface area contributed by atoms with E-state index in [1.54, 1.807) is 0 Å². The van der Waals surface area contributed by atoms with Gasteiger partial charge < -0.3 is 10.6 Å². The molecule has 2 N–H and O–H groups in total. The molecule has 0 fully saturated rings. The van der Waals surface area contributed by atoms with Crippen LogP contribution in [0.3, 0.4) is 0 Å². The van der Waals surface area contributed by atoms with Crippen molar-refractivity contribution in [3.05, 3.63) is 65.5 Å². The van der Waals surface area contributed by atoms with Crippen LogP contribution in [0.1, 0.15) is 17.5 Å². The first-order chi connectivity index (χ1) is 11.8. The molecule has 0 aromatic heterocycles. The van der Waals surface area contributed by atoms with Gasteiger partial charge in [-0.3, -0.25) is 9.59 Å². The van der Waals surface area contributed by atoms with Gasteiger partial charge in [-0.25, -0.2) is 4.39 Å². The molecule has 8 heteroatoms. The lowest BCUT2D eigenvalue weighted by atomic mass is 10.1. The van der Waals surface area contributed by atoms with E-state index in [0.29, 0.717) is 5.56 Å². The Hall–Kier alpha value is -2.90. The van der Waals surface area contributed by atoms with Crippen LogP contribution in [0.5, 0.6) is 0 Å². The van der Waals surface area contributed by atoms with Crippen LogP contribution < -0.4 is 10.6 Å². The van der Waals surface area contributed by atoms with E-state index < -0.39 is 41.5 Å². The average Bonchev–Trinajstić information content (AvgIpc) is 2.53. The number of nitrogens with one attached hydrogen (secondary N) is 2. The number of alkyl halides is 3. The number of hydrogen-bond acceptors (Lipinski definition) is 2. The van der Waals surface area contributed by atoms with Gasteiger partial charge in [0, 0.05) is 6.54 Å². The number of para-hydroxylation sites is 1. The minimum atomic E-state index is -4.62. The van der Waals surface area contributed by atoms with E-state index in [2.05, 4.69) is 10.6 Å². The number of anilines is 1. The third kappa shape index (κ3) is 5.59. The smallest absolute Gasteiger partial charge is 0.352 e. The zero-order valence-electron chi connectivity index (χ0n) is 12.9. The predicted molar refractivity (Wildman–Crippen MR) is 82.9 cm³/mol. The van der Waals surface area contributed by atoms with Crippen LogP contribution in [-0.2, 0) is 22.3 Å². The molecule has 132 valence electrons. The summed E-state index contributed by atoms with van der Waals surface area (Å²) >= 11 is 0. The van der Waals surface area contributed by atoms with Crippen molar-refractivity contribution >= 4 is 17.5 Å². The lowest BCUT2D eigenvalue weighted by Gasteiger charge is -2.13. The highest BCUT2D eigenvalue weighted by Gasteiger charge is 2.33. The van der Waals surface area contributed by atoms with Crippen LogP contribution in [0.15, 0.2) is 48.5 Å². The summed E-state index contributed by atoms with van der Waals surface area (Å²) in [5.74, 6) is -1.95. The molecule has 0 saturated carbocycles. The number of rotatable bonds is 5. The van der Waals surface area contributed by atoms with Crippen molar-refractivity contribution in [3.8, 4) is 0 Å². The molecule has 2 rings (SSSR count). The highest BCUT2D eigenvalue weighted by atomic mass is 19.4. The SMILES string of the molecule is O=C(CC(=O)Nc1ccccc1C(F)(F)F)NCc1ccc(F)cc1. The van der Waals surface area contributed by atoms with Gasteiger partial charge in [-0.15, -0.1) is 0 Å². The molecule has 2 aromatic rings. The second kappa shape index (κ2) is 7.78. The van der Waals surface area contributed by atoms with Gasteiger partial charge in [0.15, 0.2) is 0 Å². The maximum Gasteiger partial charge on any atom is 0.418 e. The van der Waals surface area contributed by atoms with E-state index in [1.807, 2.05) is 0 Å². The van der Waals surface area contributed by atoms with Crippen molar-refractivity contribution in [1.82, 2.24) is 5.32 Å². The molecule has 4 nitrogen and oxygen atoms in total. The topological polar surface area (TPSA) is 58.2 Å². The molecule has 2 aromatic carbocycles. The Morgan fingerprint density at radius 2 is 1.56 bits per heavy atom. The van der Waals surface area contributed by atoms with Crippen LogP contribution in [0.2, 0.25) is 0 Å². The van der Waals surface area contributed by atoms with Crippen LogP contribution in [0, 0.1) is 5.82 Å². The fourth-order valence-electron chi connectivity index (χ4n) is 2.04. The van der Waals surface area contributed by atoms with Crippen molar-refractivity contribution in [1.29, 1.82) is 0 Å². The van der Waals surface area contributed by atoms with Crippen molar-refractivity contribution < 1.29 is 27.2 Å². The summed E-state index contributed by atoms with van der Waals surface area (Å²) in [5.41, 5.74) is -0.779. The third-order valence-corrected chi connectivity index (χ3v) is 3.23. The summed E-state index contributed by atoms with van der Waals surface area (Å²) in [5, 5.41) is 4.52. The van der Waals surface area contributed by atoms with Crippen molar-refractivity contribution in [2.75, 3.05) is 5.32 Å². The van der Waals surface area contributed by atoms with Gasteiger partial charge >= 0.3 is 6.18 Å². The van der Waals surface area contributed by atoms with E-state index >= 15 is 0 Å². The highest BCUT2D eigenvalue weighted by molar-refractivity contribution is 6.03. The first kappa shape index (κ1) is 18.4. The van der Waals surface area contributed by atoms with Crippen molar-refractivity contribution in [2.24, 2.45) is 0 Å². The summed E-state index contributed by atoms with van der Waals surface area (Å²) in [6.07, 6.45) is -5.25. The van der Waals surface area contributed by atoms with Crippen LogP contribution in [0.4, 0.5) is 23.2 Å². The Kier molecular flexibility index (Phi) is 5.74.